The molecule has 77 heavy (non-hydrogen) atoms. The standard InChI is InChI=1S/2C9H7N.C8H7N.2C7H5NS.2C5H5N.7C2H6.4CH4/c1-2-6-9-8(4-1)5-3-7-10-9;1-2-4-9-7-10-6-5-8(9)3-1;1-3-7-4-2-6-9-8(7)5-1;2*1-2-6-3-5-9-7(6)8-4-1;2*1-2-4-6-5-3-1;7*1-2;;;;/h2*1-7H;1-2,4-6H,3H2;2*1-5H;2*1-5H;7*1-2H3;4*1H4. The first-order chi connectivity index (χ1) is 36.3. The molecule has 9 aromatic heterocycles. The van der Waals surface area contributed by atoms with E-state index in [-0.39, 0.29) is 29.7 Å². The van der Waals surface area contributed by atoms with Gasteiger partial charge in [-0.15, -0.1) is 22.7 Å². The fraction of sp³-hybridized carbons (Fsp3) is 0.279. The predicted molar refractivity (Wildman–Crippen MR) is 355 cm³/mol. The molecule has 7 nitrogen and oxygen atoms in total. The zero-order valence-electron chi connectivity index (χ0n) is 46.2. The van der Waals surface area contributed by atoms with Crippen molar-refractivity contribution in [2.45, 2.75) is 133 Å². The fourth-order valence-electron chi connectivity index (χ4n) is 5.34. The first kappa shape index (κ1) is 81.0. The Morgan fingerprint density at radius 1 is 0.312 bits per heavy atom. The van der Waals surface area contributed by atoms with Crippen LogP contribution in [-0.4, -0.2) is 34.9 Å². The van der Waals surface area contributed by atoms with Crippen LogP contribution in [0.3, 0.4) is 0 Å². The highest BCUT2D eigenvalue weighted by Crippen LogP contribution is 2.17. The number of hydrogen-bond acceptors (Lipinski definition) is 9. The Morgan fingerprint density at radius 2 is 0.714 bits per heavy atom. The number of pyridine rings is 7. The lowest BCUT2D eigenvalue weighted by Gasteiger charge is -1.92. The zero-order valence-corrected chi connectivity index (χ0v) is 47.8. The summed E-state index contributed by atoms with van der Waals surface area (Å²) in [4.78, 5) is 30.5. The molecule has 0 saturated carbocycles. The van der Waals surface area contributed by atoms with Gasteiger partial charge in [0, 0.05) is 78.1 Å². The van der Waals surface area contributed by atoms with Gasteiger partial charge in [-0.3, -0.25) is 24.9 Å². The van der Waals surface area contributed by atoms with E-state index >= 15 is 0 Å². The highest BCUT2D eigenvalue weighted by molar-refractivity contribution is 7.17. The van der Waals surface area contributed by atoms with Crippen LogP contribution < -0.4 is 0 Å². The molecule has 0 radical (unpaired) electrons. The number of benzene rings is 2. The number of nitrogens with zero attached hydrogens (tertiary/aromatic N) is 7. The molecule has 418 valence electrons. The van der Waals surface area contributed by atoms with Gasteiger partial charge in [0.2, 0.25) is 0 Å². The smallest absolute Gasteiger partial charge is 0.123 e. The van der Waals surface area contributed by atoms with Crippen LogP contribution in [0.4, 0.5) is 0 Å². The van der Waals surface area contributed by atoms with Crippen molar-refractivity contribution in [1.29, 1.82) is 0 Å². The van der Waals surface area contributed by atoms with E-state index in [2.05, 4.69) is 112 Å². The minimum Gasteiger partial charge on any atom is -0.265 e. The van der Waals surface area contributed by atoms with Crippen molar-refractivity contribution in [3.63, 3.8) is 0 Å². The highest BCUT2D eigenvalue weighted by Gasteiger charge is 2.02. The molecule has 0 amide bonds. The van der Waals surface area contributed by atoms with Crippen LogP contribution in [0, 0.1) is 0 Å². The lowest BCUT2D eigenvalue weighted by molar-refractivity contribution is 1.21. The summed E-state index contributed by atoms with van der Waals surface area (Å²) in [6, 6.07) is 50.0. The Labute approximate surface area is 477 Å². The van der Waals surface area contributed by atoms with E-state index in [1.54, 1.807) is 47.5 Å². The first-order valence-corrected chi connectivity index (χ1v) is 27.5. The molecule has 0 atom stereocenters. The van der Waals surface area contributed by atoms with Crippen LogP contribution in [0.1, 0.15) is 138 Å². The second-order valence-corrected chi connectivity index (χ2v) is 14.0. The summed E-state index contributed by atoms with van der Waals surface area (Å²) in [6.07, 6.45) is 23.2. The molecule has 0 fully saturated rings. The maximum absolute atomic E-state index is 4.18. The van der Waals surface area contributed by atoms with Gasteiger partial charge < -0.3 is 0 Å². The average Bonchev–Trinajstić information content (AvgIpc) is 4.34. The van der Waals surface area contributed by atoms with Crippen LogP contribution in [0.25, 0.3) is 48.2 Å². The number of allylic oxidation sites excluding steroid dienone is 1. The largest absolute Gasteiger partial charge is 0.265 e. The van der Waals surface area contributed by atoms with Crippen molar-refractivity contribution < 1.29 is 0 Å². The Hall–Kier alpha value is -7.33. The number of para-hydroxylation sites is 1. The highest BCUT2D eigenvalue weighted by atomic mass is 32.1. The van der Waals surface area contributed by atoms with Crippen molar-refractivity contribution in [2.24, 2.45) is 0 Å². The number of hydrogen-bond donors (Lipinski definition) is 0. The molecule has 9 heteroatoms. The fourth-order valence-corrected chi connectivity index (χ4v) is 6.81. The summed E-state index contributed by atoms with van der Waals surface area (Å²) < 4.78 is 0. The van der Waals surface area contributed by atoms with E-state index in [1.807, 2.05) is 231 Å². The van der Waals surface area contributed by atoms with Crippen molar-refractivity contribution in [3.8, 4) is 0 Å². The second kappa shape index (κ2) is 61.2. The van der Waals surface area contributed by atoms with Gasteiger partial charge in [0.15, 0.2) is 0 Å². The van der Waals surface area contributed by atoms with Crippen LogP contribution >= 0.6 is 22.7 Å². The van der Waals surface area contributed by atoms with Crippen molar-refractivity contribution in [3.05, 3.63) is 242 Å². The van der Waals surface area contributed by atoms with Crippen molar-refractivity contribution >= 4 is 70.9 Å². The molecule has 0 saturated heterocycles. The van der Waals surface area contributed by atoms with E-state index in [1.165, 1.54) is 32.5 Å². The van der Waals surface area contributed by atoms with E-state index in [9.17, 15) is 0 Å². The molecular formula is C68H99N7S2. The molecule has 1 aliphatic rings. The monoisotopic (exact) mass is 1080 g/mol. The summed E-state index contributed by atoms with van der Waals surface area (Å²) in [5.41, 5.74) is 3.54. The normalized spacial score (nSPS) is 8.39. The maximum Gasteiger partial charge on any atom is 0.123 e. The average molecular weight is 1080 g/mol. The quantitative estimate of drug-likeness (QED) is 0.149. The molecule has 0 unspecified atom stereocenters. The van der Waals surface area contributed by atoms with Crippen molar-refractivity contribution in [2.75, 3.05) is 0 Å². The number of rotatable bonds is 0. The molecule has 9 heterocycles. The van der Waals surface area contributed by atoms with Gasteiger partial charge in [-0.25, -0.2) is 9.97 Å². The Balaban J connectivity index is -0.000000183. The van der Waals surface area contributed by atoms with Crippen LogP contribution in [0.5, 0.6) is 0 Å². The van der Waals surface area contributed by atoms with Gasteiger partial charge in [-0.05, 0) is 112 Å². The predicted octanol–water partition coefficient (Wildman–Crippen LogP) is 22.6. The summed E-state index contributed by atoms with van der Waals surface area (Å²) >= 11 is 3.35. The first-order valence-electron chi connectivity index (χ1n) is 25.8. The van der Waals surface area contributed by atoms with Crippen LogP contribution in [0.15, 0.2) is 230 Å². The molecule has 12 rings (SSSR count). The Morgan fingerprint density at radius 3 is 1.13 bits per heavy atom. The molecule has 0 spiro atoms. The van der Waals surface area contributed by atoms with Gasteiger partial charge in [0.25, 0.3) is 0 Å². The topological polar surface area (TPSA) is 90.2 Å². The van der Waals surface area contributed by atoms with E-state index in [0.29, 0.717) is 0 Å². The summed E-state index contributed by atoms with van der Waals surface area (Å²) in [6.45, 7) is 28.0. The van der Waals surface area contributed by atoms with E-state index in [0.717, 1.165) is 27.3 Å². The maximum atomic E-state index is 4.18. The molecule has 1 aliphatic carbocycles. The van der Waals surface area contributed by atoms with Gasteiger partial charge >= 0.3 is 0 Å². The number of thiophene rings is 2. The minimum atomic E-state index is 0. The Bertz CT molecular complexity index is 2440. The zero-order chi connectivity index (χ0) is 54.4. The van der Waals surface area contributed by atoms with Gasteiger partial charge in [-0.2, -0.15) is 0 Å². The molecule has 2 aromatic carbocycles. The second-order valence-electron chi connectivity index (χ2n) is 12.3. The van der Waals surface area contributed by atoms with Crippen LogP contribution in [0.2, 0.25) is 0 Å². The Kier molecular flexibility index (Phi) is 64.4. The minimum absolute atomic E-state index is 0. The molecule has 0 bridgehead atoms. The third-order valence-electron chi connectivity index (χ3n) is 8.19. The van der Waals surface area contributed by atoms with Crippen LogP contribution in [-0.2, 0) is 6.42 Å². The number of fused-ring (bicyclic) bond motifs is 5. The molecule has 0 aliphatic heterocycles. The van der Waals surface area contributed by atoms with Gasteiger partial charge in [0.05, 0.1) is 11.2 Å². The third kappa shape index (κ3) is 36.3. The van der Waals surface area contributed by atoms with Gasteiger partial charge in [-0.1, -0.05) is 212 Å². The van der Waals surface area contributed by atoms with Gasteiger partial charge in [0.1, 0.15) is 9.66 Å². The van der Waals surface area contributed by atoms with E-state index < -0.39 is 0 Å². The molecule has 0 N–H and O–H groups in total. The van der Waals surface area contributed by atoms with Crippen molar-refractivity contribution in [1.82, 2.24) is 34.9 Å². The lowest BCUT2D eigenvalue weighted by atomic mass is 10.2. The SMILES string of the molecule is C.C.C.C.C1=Cc2ncccc2C1.CC.CC.CC.CC.CC.CC.CC.c1ccc2cnccc2c1.c1ccc2ncccc2c1.c1ccncc1.c1ccncc1.c1cnc2sccc2c1.c1cnc2sccc2c1. The molecular weight excluding hydrogens is 979 g/mol. The summed E-state index contributed by atoms with van der Waals surface area (Å²) in [7, 11) is 0. The lowest BCUT2D eigenvalue weighted by Crippen LogP contribution is -1.82. The molecule has 11 aromatic rings. The summed E-state index contributed by atoms with van der Waals surface area (Å²) in [5, 5.41) is 10.2. The third-order valence-corrected chi connectivity index (χ3v) is 9.86. The number of aromatic nitrogens is 7. The van der Waals surface area contributed by atoms with E-state index in [4.69, 9.17) is 0 Å². The summed E-state index contributed by atoms with van der Waals surface area (Å²) in [5.74, 6) is 0.